The van der Waals surface area contributed by atoms with Gasteiger partial charge in [0.2, 0.25) is 0 Å². The SMILES string of the molecule is FC(F)c1sc(Cl)cc1Br. The van der Waals surface area contributed by atoms with Crippen LogP contribution in [0.3, 0.4) is 0 Å². The molecule has 10 heavy (non-hydrogen) atoms. The van der Waals surface area contributed by atoms with Crippen LogP contribution in [0, 0.1) is 0 Å². The predicted octanol–water partition coefficient (Wildman–Crippen LogP) is 4.10. The van der Waals surface area contributed by atoms with Crippen molar-refractivity contribution in [3.8, 4) is 0 Å². The van der Waals surface area contributed by atoms with E-state index < -0.39 is 6.43 Å². The van der Waals surface area contributed by atoms with Gasteiger partial charge in [-0.1, -0.05) is 11.6 Å². The molecular formula is C5H2BrClF2S. The maximum absolute atomic E-state index is 12.0. The Labute approximate surface area is 73.9 Å². The highest BCUT2D eigenvalue weighted by molar-refractivity contribution is 9.10. The Morgan fingerprint density at radius 2 is 2.20 bits per heavy atom. The quantitative estimate of drug-likeness (QED) is 0.701. The summed E-state index contributed by atoms with van der Waals surface area (Å²) in [5.74, 6) is 0. The molecule has 1 aromatic heterocycles. The predicted molar refractivity (Wildman–Crippen MR) is 42.0 cm³/mol. The lowest BCUT2D eigenvalue weighted by molar-refractivity contribution is 0.155. The highest BCUT2D eigenvalue weighted by atomic mass is 79.9. The van der Waals surface area contributed by atoms with Crippen LogP contribution < -0.4 is 0 Å². The van der Waals surface area contributed by atoms with Gasteiger partial charge in [0.15, 0.2) is 0 Å². The number of rotatable bonds is 1. The lowest BCUT2D eigenvalue weighted by Crippen LogP contribution is -1.75. The van der Waals surface area contributed by atoms with Crippen molar-refractivity contribution in [1.82, 2.24) is 0 Å². The van der Waals surface area contributed by atoms with Crippen molar-refractivity contribution in [3.63, 3.8) is 0 Å². The van der Waals surface area contributed by atoms with Gasteiger partial charge in [-0.05, 0) is 22.0 Å². The van der Waals surface area contributed by atoms with Crippen LogP contribution in [0.25, 0.3) is 0 Å². The van der Waals surface area contributed by atoms with Crippen molar-refractivity contribution in [3.05, 3.63) is 19.8 Å². The molecule has 0 unspecified atom stereocenters. The molecule has 0 saturated carbocycles. The molecule has 0 aliphatic heterocycles. The van der Waals surface area contributed by atoms with Crippen molar-refractivity contribution < 1.29 is 8.78 Å². The van der Waals surface area contributed by atoms with E-state index in [0.717, 1.165) is 11.3 Å². The molecule has 0 radical (unpaired) electrons. The Balaban J connectivity index is 3.03. The van der Waals surface area contributed by atoms with Crippen molar-refractivity contribution in [1.29, 1.82) is 0 Å². The van der Waals surface area contributed by atoms with E-state index in [-0.39, 0.29) is 4.88 Å². The molecule has 0 fully saturated rings. The average Bonchev–Trinajstić information content (AvgIpc) is 2.10. The third-order valence-corrected chi connectivity index (χ3v) is 3.07. The lowest BCUT2D eigenvalue weighted by atomic mass is 10.5. The Morgan fingerprint density at radius 1 is 1.60 bits per heavy atom. The van der Waals surface area contributed by atoms with E-state index in [1.165, 1.54) is 6.07 Å². The number of thiophene rings is 1. The fraction of sp³-hybridized carbons (Fsp3) is 0.200. The third-order valence-electron chi connectivity index (χ3n) is 0.881. The van der Waals surface area contributed by atoms with Crippen LogP contribution in [0.1, 0.15) is 11.3 Å². The summed E-state index contributed by atoms with van der Waals surface area (Å²) in [6, 6.07) is 1.47. The molecule has 0 nitrogen and oxygen atoms in total. The first-order valence-electron chi connectivity index (χ1n) is 2.34. The fourth-order valence-electron chi connectivity index (χ4n) is 0.503. The molecule has 0 saturated heterocycles. The van der Waals surface area contributed by atoms with Gasteiger partial charge in [0, 0.05) is 4.47 Å². The first-order valence-corrected chi connectivity index (χ1v) is 4.33. The van der Waals surface area contributed by atoms with Crippen LogP contribution in [-0.2, 0) is 0 Å². The summed E-state index contributed by atoms with van der Waals surface area (Å²) >= 11 is 9.32. The fourth-order valence-corrected chi connectivity index (χ4v) is 2.42. The van der Waals surface area contributed by atoms with E-state index in [0.29, 0.717) is 8.81 Å². The second-order valence-electron chi connectivity index (χ2n) is 1.56. The van der Waals surface area contributed by atoms with Gasteiger partial charge in [-0.2, -0.15) is 0 Å². The minimum atomic E-state index is -2.44. The smallest absolute Gasteiger partial charge is 0.204 e. The second kappa shape index (κ2) is 3.15. The van der Waals surface area contributed by atoms with Gasteiger partial charge >= 0.3 is 0 Å². The Kier molecular flexibility index (Phi) is 2.66. The standard InChI is InChI=1S/C5H2BrClF2S/c6-2-1-3(7)10-4(2)5(8)9/h1,5H. The summed E-state index contributed by atoms with van der Waals surface area (Å²) < 4.78 is 24.7. The van der Waals surface area contributed by atoms with Crippen LogP contribution in [0.4, 0.5) is 8.78 Å². The largest absolute Gasteiger partial charge is 0.273 e. The normalized spacial score (nSPS) is 10.9. The van der Waals surface area contributed by atoms with Crippen LogP contribution in [0.5, 0.6) is 0 Å². The molecule has 1 rings (SSSR count). The zero-order chi connectivity index (χ0) is 7.72. The van der Waals surface area contributed by atoms with Gasteiger partial charge in [0.1, 0.15) is 0 Å². The lowest BCUT2D eigenvalue weighted by Gasteiger charge is -1.91. The van der Waals surface area contributed by atoms with E-state index in [9.17, 15) is 8.78 Å². The number of alkyl halides is 2. The molecule has 0 amide bonds. The molecule has 1 heterocycles. The summed E-state index contributed by atoms with van der Waals surface area (Å²) in [6.45, 7) is 0. The number of halogens is 4. The molecule has 0 aliphatic rings. The van der Waals surface area contributed by atoms with Gasteiger partial charge in [0.05, 0.1) is 9.21 Å². The molecule has 1 aromatic rings. The maximum Gasteiger partial charge on any atom is 0.273 e. The summed E-state index contributed by atoms with van der Waals surface area (Å²) in [4.78, 5) is -0.00926. The number of hydrogen-bond acceptors (Lipinski definition) is 1. The molecule has 5 heteroatoms. The highest BCUT2D eigenvalue weighted by Gasteiger charge is 2.14. The molecule has 0 atom stereocenters. The first kappa shape index (κ1) is 8.43. The average molecular weight is 247 g/mol. The van der Waals surface area contributed by atoms with Crippen molar-refractivity contribution in [2.24, 2.45) is 0 Å². The van der Waals surface area contributed by atoms with Crippen molar-refractivity contribution in [2.75, 3.05) is 0 Å². The van der Waals surface area contributed by atoms with Crippen LogP contribution >= 0.6 is 38.9 Å². The monoisotopic (exact) mass is 246 g/mol. The van der Waals surface area contributed by atoms with Gasteiger partial charge in [-0.25, -0.2) is 8.78 Å². The third kappa shape index (κ3) is 1.68. The molecule has 0 N–H and O–H groups in total. The molecule has 0 spiro atoms. The summed E-state index contributed by atoms with van der Waals surface area (Å²) in [7, 11) is 0. The molecular weight excluding hydrogens is 245 g/mol. The molecule has 0 aromatic carbocycles. The van der Waals surface area contributed by atoms with Gasteiger partial charge in [-0.3, -0.25) is 0 Å². The van der Waals surface area contributed by atoms with Crippen LogP contribution in [0.15, 0.2) is 10.5 Å². The Bertz CT molecular complexity index is 236. The zero-order valence-corrected chi connectivity index (χ0v) is 7.73. The zero-order valence-electron chi connectivity index (χ0n) is 4.57. The van der Waals surface area contributed by atoms with Crippen LogP contribution in [-0.4, -0.2) is 0 Å². The Morgan fingerprint density at radius 3 is 2.40 bits per heavy atom. The van der Waals surface area contributed by atoms with Gasteiger partial charge in [-0.15, -0.1) is 11.3 Å². The summed E-state index contributed by atoms with van der Waals surface area (Å²) in [5.41, 5.74) is 0. The van der Waals surface area contributed by atoms with E-state index in [1.807, 2.05) is 0 Å². The summed E-state index contributed by atoms with van der Waals surface area (Å²) in [5, 5.41) is 0. The minimum Gasteiger partial charge on any atom is -0.204 e. The van der Waals surface area contributed by atoms with E-state index >= 15 is 0 Å². The first-order chi connectivity index (χ1) is 4.61. The molecule has 0 aliphatic carbocycles. The van der Waals surface area contributed by atoms with E-state index in [2.05, 4.69) is 15.9 Å². The van der Waals surface area contributed by atoms with Crippen molar-refractivity contribution in [2.45, 2.75) is 6.43 Å². The molecule has 0 bridgehead atoms. The highest BCUT2D eigenvalue weighted by Crippen LogP contribution is 2.37. The van der Waals surface area contributed by atoms with Gasteiger partial charge in [0.25, 0.3) is 6.43 Å². The maximum atomic E-state index is 12.0. The second-order valence-corrected chi connectivity index (χ2v) is 4.13. The van der Waals surface area contributed by atoms with Crippen molar-refractivity contribution >= 4 is 38.9 Å². The van der Waals surface area contributed by atoms with Gasteiger partial charge < -0.3 is 0 Å². The van der Waals surface area contributed by atoms with E-state index in [4.69, 9.17) is 11.6 Å². The van der Waals surface area contributed by atoms with Crippen LogP contribution in [0.2, 0.25) is 4.34 Å². The number of hydrogen-bond donors (Lipinski definition) is 0. The topological polar surface area (TPSA) is 0 Å². The minimum absolute atomic E-state index is 0.00926. The molecule has 56 valence electrons. The Hall–Kier alpha value is 0.330. The van der Waals surface area contributed by atoms with E-state index in [1.54, 1.807) is 0 Å². The summed E-state index contributed by atoms with van der Waals surface area (Å²) in [6.07, 6.45) is -2.44.